The minimum atomic E-state index is 0.589. The lowest BCUT2D eigenvalue weighted by molar-refractivity contribution is 0.834. The molecule has 0 unspecified atom stereocenters. The number of aromatic nitrogens is 5. The molecular formula is C20H20N6S. The standard InChI is InChI=1S/C20H20N6S/c1-13-12-27-18(23-13)11-22-20-21-10-9-17(24-20)19-14(2)25-26(15(19)3)16-7-5-4-6-8-16/h4-10,12H,11H2,1-3H3,(H,21,22,24). The molecule has 3 heterocycles. The van der Waals surface area contributed by atoms with E-state index >= 15 is 0 Å². The van der Waals surface area contributed by atoms with Crippen molar-refractivity contribution in [3.8, 4) is 16.9 Å². The van der Waals surface area contributed by atoms with Crippen molar-refractivity contribution in [2.45, 2.75) is 27.3 Å². The first kappa shape index (κ1) is 17.4. The highest BCUT2D eigenvalue weighted by molar-refractivity contribution is 7.09. The van der Waals surface area contributed by atoms with Crippen molar-refractivity contribution >= 4 is 17.3 Å². The lowest BCUT2D eigenvalue weighted by Crippen LogP contribution is -2.04. The molecular weight excluding hydrogens is 356 g/mol. The molecule has 0 spiro atoms. The molecule has 0 atom stereocenters. The van der Waals surface area contributed by atoms with Gasteiger partial charge in [-0.05, 0) is 39.0 Å². The highest BCUT2D eigenvalue weighted by Gasteiger charge is 2.16. The number of anilines is 1. The summed E-state index contributed by atoms with van der Waals surface area (Å²) in [5.74, 6) is 0.589. The van der Waals surface area contributed by atoms with Gasteiger partial charge in [0, 0.05) is 22.8 Å². The average molecular weight is 376 g/mol. The van der Waals surface area contributed by atoms with Crippen LogP contribution in [0.15, 0.2) is 48.0 Å². The maximum atomic E-state index is 4.71. The molecule has 1 N–H and O–H groups in total. The predicted molar refractivity (Wildman–Crippen MR) is 108 cm³/mol. The zero-order chi connectivity index (χ0) is 18.8. The first-order valence-corrected chi connectivity index (χ1v) is 9.60. The molecule has 0 radical (unpaired) electrons. The van der Waals surface area contributed by atoms with E-state index in [9.17, 15) is 0 Å². The van der Waals surface area contributed by atoms with E-state index < -0.39 is 0 Å². The van der Waals surface area contributed by atoms with Crippen LogP contribution in [-0.4, -0.2) is 24.7 Å². The quantitative estimate of drug-likeness (QED) is 0.562. The first-order valence-electron chi connectivity index (χ1n) is 8.72. The summed E-state index contributed by atoms with van der Waals surface area (Å²) in [6, 6.07) is 12.0. The Balaban J connectivity index is 1.63. The number of benzene rings is 1. The number of rotatable bonds is 5. The third kappa shape index (κ3) is 3.59. The second-order valence-electron chi connectivity index (χ2n) is 6.29. The van der Waals surface area contributed by atoms with Crippen LogP contribution >= 0.6 is 11.3 Å². The van der Waals surface area contributed by atoms with E-state index in [-0.39, 0.29) is 0 Å². The second kappa shape index (κ2) is 7.28. The van der Waals surface area contributed by atoms with E-state index in [1.54, 1.807) is 17.5 Å². The third-order valence-electron chi connectivity index (χ3n) is 4.27. The Bertz CT molecular complexity index is 1070. The molecule has 0 aliphatic heterocycles. The molecule has 0 amide bonds. The van der Waals surface area contributed by atoms with Crippen molar-refractivity contribution in [1.82, 2.24) is 24.7 Å². The Morgan fingerprint density at radius 2 is 1.85 bits per heavy atom. The van der Waals surface area contributed by atoms with Gasteiger partial charge in [0.2, 0.25) is 5.95 Å². The van der Waals surface area contributed by atoms with Gasteiger partial charge in [-0.3, -0.25) is 0 Å². The average Bonchev–Trinajstić information content (AvgIpc) is 3.23. The van der Waals surface area contributed by atoms with Crippen LogP contribution in [0.3, 0.4) is 0 Å². The number of hydrogen-bond acceptors (Lipinski definition) is 6. The van der Waals surface area contributed by atoms with Crippen LogP contribution in [0.4, 0.5) is 5.95 Å². The van der Waals surface area contributed by atoms with Crippen molar-refractivity contribution < 1.29 is 0 Å². The zero-order valence-corrected chi connectivity index (χ0v) is 16.3. The summed E-state index contributed by atoms with van der Waals surface area (Å²) in [6.07, 6.45) is 1.77. The molecule has 1 aromatic carbocycles. The van der Waals surface area contributed by atoms with Crippen LogP contribution in [-0.2, 0) is 6.54 Å². The lowest BCUT2D eigenvalue weighted by atomic mass is 10.1. The maximum absolute atomic E-state index is 4.71. The fourth-order valence-electron chi connectivity index (χ4n) is 3.06. The van der Waals surface area contributed by atoms with E-state index in [1.807, 2.05) is 60.3 Å². The Labute approximate surface area is 162 Å². The van der Waals surface area contributed by atoms with Gasteiger partial charge in [0.1, 0.15) is 5.01 Å². The van der Waals surface area contributed by atoms with Crippen LogP contribution in [0.25, 0.3) is 16.9 Å². The smallest absolute Gasteiger partial charge is 0.223 e. The van der Waals surface area contributed by atoms with Gasteiger partial charge in [0.25, 0.3) is 0 Å². The van der Waals surface area contributed by atoms with E-state index in [2.05, 4.69) is 22.2 Å². The van der Waals surface area contributed by atoms with E-state index in [1.165, 1.54) is 0 Å². The normalized spacial score (nSPS) is 10.9. The van der Waals surface area contributed by atoms with E-state index in [4.69, 9.17) is 10.1 Å². The molecule has 0 fully saturated rings. The Morgan fingerprint density at radius 3 is 2.59 bits per heavy atom. The number of para-hydroxylation sites is 1. The number of thiazole rings is 1. The van der Waals surface area contributed by atoms with E-state index in [0.717, 1.165) is 39.0 Å². The van der Waals surface area contributed by atoms with Gasteiger partial charge in [0.15, 0.2) is 0 Å². The third-order valence-corrected chi connectivity index (χ3v) is 5.23. The molecule has 4 rings (SSSR count). The van der Waals surface area contributed by atoms with Gasteiger partial charge in [0.05, 0.1) is 29.3 Å². The summed E-state index contributed by atoms with van der Waals surface area (Å²) in [4.78, 5) is 13.5. The minimum Gasteiger partial charge on any atom is -0.348 e. The first-order chi connectivity index (χ1) is 13.1. The van der Waals surface area contributed by atoms with E-state index in [0.29, 0.717) is 12.5 Å². The zero-order valence-electron chi connectivity index (χ0n) is 15.5. The fraction of sp³-hybridized carbons (Fsp3) is 0.200. The van der Waals surface area contributed by atoms with Gasteiger partial charge >= 0.3 is 0 Å². The highest BCUT2D eigenvalue weighted by Crippen LogP contribution is 2.27. The van der Waals surface area contributed by atoms with Crippen molar-refractivity contribution in [2.75, 3.05) is 5.32 Å². The summed E-state index contributed by atoms with van der Waals surface area (Å²) < 4.78 is 1.96. The molecule has 4 aromatic rings. The largest absolute Gasteiger partial charge is 0.348 e. The Hall–Kier alpha value is -3.06. The molecule has 7 heteroatoms. The maximum Gasteiger partial charge on any atom is 0.223 e. The Morgan fingerprint density at radius 1 is 1.04 bits per heavy atom. The van der Waals surface area contributed by atoms with Crippen molar-refractivity contribution in [3.05, 3.63) is 70.1 Å². The second-order valence-corrected chi connectivity index (χ2v) is 7.24. The van der Waals surface area contributed by atoms with Gasteiger partial charge in [-0.2, -0.15) is 5.10 Å². The lowest BCUT2D eigenvalue weighted by Gasteiger charge is -2.07. The molecule has 0 aliphatic rings. The number of nitrogens with one attached hydrogen (secondary N) is 1. The predicted octanol–water partition coefficient (Wildman–Crippen LogP) is 4.32. The SMILES string of the molecule is Cc1csc(CNc2nccc(-c3c(C)nn(-c4ccccc4)c3C)n2)n1. The van der Waals surface area contributed by atoms with Crippen LogP contribution in [0.5, 0.6) is 0 Å². The van der Waals surface area contributed by atoms with Crippen LogP contribution in [0, 0.1) is 20.8 Å². The summed E-state index contributed by atoms with van der Waals surface area (Å²) in [7, 11) is 0. The molecule has 0 aliphatic carbocycles. The molecule has 3 aromatic heterocycles. The summed E-state index contributed by atoms with van der Waals surface area (Å²) >= 11 is 1.63. The number of hydrogen-bond donors (Lipinski definition) is 1. The van der Waals surface area contributed by atoms with Gasteiger partial charge in [-0.25, -0.2) is 19.6 Å². The molecule has 0 bridgehead atoms. The van der Waals surface area contributed by atoms with Crippen molar-refractivity contribution in [1.29, 1.82) is 0 Å². The van der Waals surface area contributed by atoms with Crippen LogP contribution < -0.4 is 5.32 Å². The topological polar surface area (TPSA) is 68.5 Å². The van der Waals surface area contributed by atoms with Crippen molar-refractivity contribution in [3.63, 3.8) is 0 Å². The Kier molecular flexibility index (Phi) is 4.68. The van der Waals surface area contributed by atoms with Crippen LogP contribution in [0.1, 0.15) is 22.1 Å². The molecule has 6 nitrogen and oxygen atoms in total. The molecule has 0 saturated heterocycles. The molecule has 27 heavy (non-hydrogen) atoms. The van der Waals surface area contributed by atoms with Gasteiger partial charge < -0.3 is 5.32 Å². The highest BCUT2D eigenvalue weighted by atomic mass is 32.1. The molecule has 0 saturated carbocycles. The van der Waals surface area contributed by atoms with Crippen LogP contribution in [0.2, 0.25) is 0 Å². The minimum absolute atomic E-state index is 0.589. The monoisotopic (exact) mass is 376 g/mol. The van der Waals surface area contributed by atoms with Gasteiger partial charge in [-0.1, -0.05) is 18.2 Å². The summed E-state index contributed by atoms with van der Waals surface area (Å²) in [5.41, 5.74) is 5.96. The van der Waals surface area contributed by atoms with Gasteiger partial charge in [-0.15, -0.1) is 11.3 Å². The molecule has 136 valence electrons. The summed E-state index contributed by atoms with van der Waals surface area (Å²) in [6.45, 7) is 6.68. The van der Waals surface area contributed by atoms with Crippen molar-refractivity contribution in [2.24, 2.45) is 0 Å². The summed E-state index contributed by atoms with van der Waals surface area (Å²) in [5, 5.41) is 11.0. The number of aryl methyl sites for hydroxylation is 2. The number of nitrogens with zero attached hydrogens (tertiary/aromatic N) is 5. The fourth-order valence-corrected chi connectivity index (χ4v) is 3.77.